The average molecular weight is 278 g/mol. The molecule has 2 N–H and O–H groups in total. The number of likely N-dealkylation sites (tertiary alicyclic amines) is 1. The predicted octanol–water partition coefficient (Wildman–Crippen LogP) is 0.838. The minimum atomic E-state index is -0.469. The topological polar surface area (TPSA) is 64.0 Å². The predicted molar refractivity (Wildman–Crippen MR) is 76.8 cm³/mol. The number of hydrogen-bond acceptors (Lipinski definition) is 4. The molecular formula is C15H22N2O3. The highest BCUT2D eigenvalue weighted by molar-refractivity contribution is 5.95. The van der Waals surface area contributed by atoms with Crippen molar-refractivity contribution in [1.29, 1.82) is 0 Å². The molecule has 1 aliphatic heterocycles. The highest BCUT2D eigenvalue weighted by Crippen LogP contribution is 2.24. The number of aliphatic hydroxyl groups is 1. The molecule has 0 aliphatic carbocycles. The van der Waals surface area contributed by atoms with Gasteiger partial charge in [-0.1, -0.05) is 6.07 Å². The van der Waals surface area contributed by atoms with E-state index < -0.39 is 6.10 Å². The Bertz CT molecular complexity index is 502. The Kier molecular flexibility index (Phi) is 4.30. The van der Waals surface area contributed by atoms with Crippen LogP contribution >= 0.6 is 0 Å². The smallest absolute Gasteiger partial charge is 0.254 e. The maximum absolute atomic E-state index is 12.5. The molecule has 110 valence electrons. The molecule has 0 spiro atoms. The maximum Gasteiger partial charge on any atom is 0.254 e. The van der Waals surface area contributed by atoms with E-state index in [1.54, 1.807) is 24.0 Å². The van der Waals surface area contributed by atoms with Gasteiger partial charge in [0.2, 0.25) is 0 Å². The Balaban J connectivity index is 2.19. The van der Waals surface area contributed by atoms with Crippen LogP contribution in [0, 0.1) is 6.92 Å². The van der Waals surface area contributed by atoms with Crippen LogP contribution in [0.1, 0.15) is 22.3 Å². The molecule has 5 nitrogen and oxygen atoms in total. The molecule has 1 aromatic rings. The van der Waals surface area contributed by atoms with Gasteiger partial charge in [0, 0.05) is 24.7 Å². The number of benzene rings is 1. The Morgan fingerprint density at radius 3 is 2.75 bits per heavy atom. The van der Waals surface area contributed by atoms with Crippen molar-refractivity contribution < 1.29 is 15.0 Å². The van der Waals surface area contributed by atoms with Crippen molar-refractivity contribution in [2.75, 3.05) is 27.2 Å². The van der Waals surface area contributed by atoms with Crippen LogP contribution in [0.2, 0.25) is 0 Å². The minimum absolute atomic E-state index is 0.0101. The van der Waals surface area contributed by atoms with Gasteiger partial charge >= 0.3 is 0 Å². The van der Waals surface area contributed by atoms with Crippen molar-refractivity contribution >= 4 is 5.91 Å². The highest BCUT2D eigenvalue weighted by Gasteiger charge is 2.34. The molecule has 1 amide bonds. The molecule has 1 heterocycles. The summed E-state index contributed by atoms with van der Waals surface area (Å²) in [4.78, 5) is 16.2. The zero-order valence-corrected chi connectivity index (χ0v) is 12.2. The van der Waals surface area contributed by atoms with E-state index in [0.717, 1.165) is 12.1 Å². The van der Waals surface area contributed by atoms with E-state index in [4.69, 9.17) is 0 Å². The molecule has 1 aliphatic rings. The normalized spacial score (nSPS) is 22.6. The second-order valence-corrected chi connectivity index (χ2v) is 5.76. The van der Waals surface area contributed by atoms with E-state index in [-0.39, 0.29) is 17.7 Å². The van der Waals surface area contributed by atoms with Gasteiger partial charge in [-0.25, -0.2) is 0 Å². The molecule has 2 rings (SSSR count). The summed E-state index contributed by atoms with van der Waals surface area (Å²) in [5.74, 6) is -0.0107. The fraction of sp³-hybridized carbons (Fsp3) is 0.533. The molecule has 1 saturated heterocycles. The standard InChI is InChI=1S/C15H22N2O3/c1-10-4-5-11(6-14(10)19)15(20)17-9-13(18)7-12(17)8-16(2)3/h4-6,12-13,18-19H,7-9H2,1-3H3. The lowest BCUT2D eigenvalue weighted by Gasteiger charge is -2.27. The van der Waals surface area contributed by atoms with Gasteiger partial charge in [-0.3, -0.25) is 4.79 Å². The Morgan fingerprint density at radius 2 is 2.15 bits per heavy atom. The number of carbonyl (C=O) groups is 1. The Labute approximate surface area is 119 Å². The number of phenolic OH excluding ortho intramolecular Hbond substituents is 1. The molecule has 0 radical (unpaired) electrons. The molecule has 20 heavy (non-hydrogen) atoms. The number of nitrogens with zero attached hydrogens (tertiary/aromatic N) is 2. The number of likely N-dealkylation sites (N-methyl/N-ethyl adjacent to an activating group) is 1. The van der Waals surface area contributed by atoms with Crippen LogP contribution in [0.3, 0.4) is 0 Å². The number of rotatable bonds is 3. The lowest BCUT2D eigenvalue weighted by molar-refractivity contribution is 0.0698. The number of aromatic hydroxyl groups is 1. The summed E-state index contributed by atoms with van der Waals surface area (Å²) in [5.41, 5.74) is 1.21. The third-order valence-electron chi connectivity index (χ3n) is 3.69. The van der Waals surface area contributed by atoms with E-state index in [9.17, 15) is 15.0 Å². The van der Waals surface area contributed by atoms with Gasteiger partial charge in [0.25, 0.3) is 5.91 Å². The monoisotopic (exact) mass is 278 g/mol. The van der Waals surface area contributed by atoms with Gasteiger partial charge in [0.05, 0.1) is 6.10 Å². The number of amides is 1. The second kappa shape index (κ2) is 5.81. The van der Waals surface area contributed by atoms with Gasteiger partial charge in [0.1, 0.15) is 5.75 Å². The lowest BCUT2D eigenvalue weighted by atomic mass is 10.1. The number of phenols is 1. The molecule has 0 bridgehead atoms. The van der Waals surface area contributed by atoms with Gasteiger partial charge in [0.15, 0.2) is 0 Å². The Hall–Kier alpha value is -1.59. The molecule has 5 heteroatoms. The van der Waals surface area contributed by atoms with Crippen LogP contribution in [0.25, 0.3) is 0 Å². The van der Waals surface area contributed by atoms with E-state index in [2.05, 4.69) is 0 Å². The minimum Gasteiger partial charge on any atom is -0.508 e. The van der Waals surface area contributed by atoms with Crippen LogP contribution in [0.4, 0.5) is 0 Å². The van der Waals surface area contributed by atoms with E-state index in [1.807, 2.05) is 19.0 Å². The zero-order valence-electron chi connectivity index (χ0n) is 12.2. The quantitative estimate of drug-likeness (QED) is 0.860. The molecule has 1 aromatic carbocycles. The first-order valence-corrected chi connectivity index (χ1v) is 6.82. The number of hydrogen-bond donors (Lipinski definition) is 2. The first-order chi connectivity index (χ1) is 9.38. The first-order valence-electron chi connectivity index (χ1n) is 6.82. The average Bonchev–Trinajstić information content (AvgIpc) is 2.72. The summed E-state index contributed by atoms with van der Waals surface area (Å²) < 4.78 is 0. The third-order valence-corrected chi connectivity index (χ3v) is 3.69. The summed E-state index contributed by atoms with van der Waals surface area (Å²) in [6.07, 6.45) is 0.129. The lowest BCUT2D eigenvalue weighted by Crippen LogP contribution is -2.41. The SMILES string of the molecule is Cc1ccc(C(=O)N2CC(O)CC2CN(C)C)cc1O. The van der Waals surface area contributed by atoms with Crippen molar-refractivity contribution in [3.8, 4) is 5.75 Å². The summed E-state index contributed by atoms with van der Waals surface area (Å²) in [5, 5.41) is 19.5. The second-order valence-electron chi connectivity index (χ2n) is 5.76. The molecular weight excluding hydrogens is 256 g/mol. The van der Waals surface area contributed by atoms with Crippen molar-refractivity contribution in [2.45, 2.75) is 25.5 Å². The fourth-order valence-electron chi connectivity index (χ4n) is 2.64. The van der Waals surface area contributed by atoms with Gasteiger partial charge in [-0.05, 0) is 45.1 Å². The number of aryl methyl sites for hydroxylation is 1. The number of aliphatic hydroxyl groups excluding tert-OH is 1. The van der Waals surface area contributed by atoms with Crippen molar-refractivity contribution in [3.05, 3.63) is 29.3 Å². The highest BCUT2D eigenvalue weighted by atomic mass is 16.3. The van der Waals surface area contributed by atoms with E-state index in [0.29, 0.717) is 18.5 Å². The summed E-state index contributed by atoms with van der Waals surface area (Å²) in [7, 11) is 3.90. The zero-order chi connectivity index (χ0) is 14.9. The van der Waals surface area contributed by atoms with Crippen molar-refractivity contribution in [3.63, 3.8) is 0 Å². The molecule has 2 unspecified atom stereocenters. The van der Waals surface area contributed by atoms with Crippen molar-refractivity contribution in [1.82, 2.24) is 9.80 Å². The summed E-state index contributed by atoms with van der Waals surface area (Å²) >= 11 is 0. The Morgan fingerprint density at radius 1 is 1.45 bits per heavy atom. The van der Waals surface area contributed by atoms with Crippen LogP contribution in [-0.2, 0) is 0 Å². The first kappa shape index (κ1) is 14.8. The summed E-state index contributed by atoms with van der Waals surface area (Å²) in [6, 6.07) is 4.95. The van der Waals surface area contributed by atoms with Crippen LogP contribution in [-0.4, -0.2) is 65.3 Å². The van der Waals surface area contributed by atoms with E-state index >= 15 is 0 Å². The molecule has 2 atom stereocenters. The summed E-state index contributed by atoms with van der Waals surface area (Å²) in [6.45, 7) is 2.87. The molecule has 0 aromatic heterocycles. The fourth-order valence-corrected chi connectivity index (χ4v) is 2.64. The van der Waals surface area contributed by atoms with Gasteiger partial charge in [-0.15, -0.1) is 0 Å². The van der Waals surface area contributed by atoms with Crippen LogP contribution in [0.5, 0.6) is 5.75 Å². The van der Waals surface area contributed by atoms with Gasteiger partial charge in [-0.2, -0.15) is 0 Å². The number of carbonyl (C=O) groups excluding carboxylic acids is 1. The van der Waals surface area contributed by atoms with Crippen LogP contribution in [0.15, 0.2) is 18.2 Å². The van der Waals surface area contributed by atoms with Crippen LogP contribution < -0.4 is 0 Å². The molecule has 0 saturated carbocycles. The van der Waals surface area contributed by atoms with E-state index in [1.165, 1.54) is 6.07 Å². The maximum atomic E-state index is 12.5. The third kappa shape index (κ3) is 3.11. The van der Waals surface area contributed by atoms with Gasteiger partial charge < -0.3 is 20.0 Å². The number of β-amino-alcohol motifs (C(OH)–C–C–N with tert-alkyl or cyclic N) is 1. The van der Waals surface area contributed by atoms with Crippen molar-refractivity contribution in [2.24, 2.45) is 0 Å². The molecule has 1 fully saturated rings. The largest absolute Gasteiger partial charge is 0.508 e.